The van der Waals surface area contributed by atoms with E-state index in [0.717, 1.165) is 52.7 Å². The van der Waals surface area contributed by atoms with Gasteiger partial charge in [-0.25, -0.2) is 0 Å². The van der Waals surface area contributed by atoms with Gasteiger partial charge in [-0.05, 0) is 67.3 Å². The fraction of sp³-hybridized carbons (Fsp3) is 0.360. The first kappa shape index (κ1) is 22.7. The minimum absolute atomic E-state index is 0.0513. The zero-order valence-corrected chi connectivity index (χ0v) is 20.0. The van der Waals surface area contributed by atoms with Crippen molar-refractivity contribution in [2.45, 2.75) is 38.8 Å². The number of aryl methyl sites for hydroxylation is 2. The Kier molecular flexibility index (Phi) is 6.48. The van der Waals surface area contributed by atoms with E-state index in [2.05, 4.69) is 26.9 Å². The average molecular weight is 469 g/mol. The highest BCUT2D eigenvalue weighted by atomic mass is 35.5. The molecule has 1 aliphatic rings. The fourth-order valence-corrected chi connectivity index (χ4v) is 5.27. The van der Waals surface area contributed by atoms with Crippen molar-refractivity contribution in [3.05, 3.63) is 68.3 Å². The lowest BCUT2D eigenvalue weighted by Crippen LogP contribution is -2.41. The van der Waals surface area contributed by atoms with Crippen molar-refractivity contribution in [1.82, 2.24) is 14.8 Å². The average Bonchev–Trinajstić information content (AvgIpc) is 3.37. The van der Waals surface area contributed by atoms with Crippen LogP contribution in [0.3, 0.4) is 0 Å². The van der Waals surface area contributed by atoms with E-state index in [9.17, 15) is 10.1 Å². The third kappa shape index (κ3) is 4.11. The molecule has 0 bridgehead atoms. The molecule has 5 nitrogen and oxygen atoms in total. The lowest BCUT2D eigenvalue weighted by Gasteiger charge is -2.24. The SMILES string of the molecule is CNC(=O)[C@@H]1CCCN1Cc1ccc(Cl)c(Cc2cc3c(C)cc(C#N)cc3n2C)c1Cl. The molecule has 0 unspecified atom stereocenters. The fourth-order valence-electron chi connectivity index (χ4n) is 4.71. The Morgan fingerprint density at radius 1 is 1.28 bits per heavy atom. The number of hydrogen-bond acceptors (Lipinski definition) is 3. The van der Waals surface area contributed by atoms with Crippen LogP contribution < -0.4 is 5.32 Å². The van der Waals surface area contributed by atoms with Crippen LogP contribution in [0.5, 0.6) is 0 Å². The molecule has 1 aromatic heterocycles. The number of likely N-dealkylation sites (N-methyl/N-ethyl adjacent to an activating group) is 1. The molecule has 0 saturated carbocycles. The number of rotatable bonds is 5. The number of nitrogens with zero attached hydrogens (tertiary/aromatic N) is 3. The minimum atomic E-state index is -0.120. The van der Waals surface area contributed by atoms with Gasteiger partial charge in [0.15, 0.2) is 0 Å². The molecule has 1 N–H and O–H groups in total. The van der Waals surface area contributed by atoms with Gasteiger partial charge >= 0.3 is 0 Å². The van der Waals surface area contributed by atoms with Crippen LogP contribution >= 0.6 is 23.2 Å². The van der Waals surface area contributed by atoms with Gasteiger partial charge < -0.3 is 9.88 Å². The van der Waals surface area contributed by atoms with Gasteiger partial charge in [0.25, 0.3) is 0 Å². The summed E-state index contributed by atoms with van der Waals surface area (Å²) in [6, 6.07) is 11.9. The number of carbonyl (C=O) groups excluding carboxylic acids is 1. The molecule has 1 saturated heterocycles. The largest absolute Gasteiger partial charge is 0.358 e. The Bertz CT molecular complexity index is 1240. The third-order valence-corrected chi connectivity index (χ3v) is 7.33. The maximum atomic E-state index is 12.2. The Morgan fingerprint density at radius 2 is 2.06 bits per heavy atom. The van der Waals surface area contributed by atoms with Crippen molar-refractivity contribution in [1.29, 1.82) is 5.26 Å². The van der Waals surface area contributed by atoms with E-state index in [1.807, 2.05) is 38.2 Å². The van der Waals surface area contributed by atoms with Gasteiger partial charge in [-0.3, -0.25) is 9.69 Å². The van der Waals surface area contributed by atoms with E-state index in [1.165, 1.54) is 0 Å². The summed E-state index contributed by atoms with van der Waals surface area (Å²) in [7, 11) is 3.68. The van der Waals surface area contributed by atoms with Crippen LogP contribution in [-0.4, -0.2) is 35.0 Å². The number of fused-ring (bicyclic) bond motifs is 1. The quantitative estimate of drug-likeness (QED) is 0.574. The molecule has 0 aliphatic carbocycles. The van der Waals surface area contributed by atoms with E-state index in [-0.39, 0.29) is 11.9 Å². The number of nitrogens with one attached hydrogen (secondary N) is 1. The van der Waals surface area contributed by atoms with E-state index in [1.54, 1.807) is 7.05 Å². The molecule has 166 valence electrons. The van der Waals surface area contributed by atoms with Gasteiger partial charge in [-0.15, -0.1) is 0 Å². The first-order valence-corrected chi connectivity index (χ1v) is 11.5. The van der Waals surface area contributed by atoms with Crippen LogP contribution in [0.25, 0.3) is 10.9 Å². The van der Waals surface area contributed by atoms with Gasteiger partial charge in [0, 0.05) is 48.7 Å². The topological polar surface area (TPSA) is 61.1 Å². The second kappa shape index (κ2) is 9.15. The van der Waals surface area contributed by atoms with Gasteiger partial charge in [0.2, 0.25) is 5.91 Å². The van der Waals surface area contributed by atoms with Crippen LogP contribution in [0.2, 0.25) is 10.0 Å². The molecular weight excluding hydrogens is 443 g/mol. The molecule has 0 radical (unpaired) electrons. The van der Waals surface area contributed by atoms with Crippen molar-refractivity contribution in [3.63, 3.8) is 0 Å². The molecule has 1 fully saturated rings. The number of amides is 1. The Labute approximate surface area is 198 Å². The predicted octanol–water partition coefficient (Wildman–Crippen LogP) is 4.97. The van der Waals surface area contributed by atoms with Crippen molar-refractivity contribution >= 4 is 40.0 Å². The number of carbonyl (C=O) groups is 1. The Morgan fingerprint density at radius 3 is 2.78 bits per heavy atom. The number of hydrogen-bond donors (Lipinski definition) is 1. The molecule has 2 aromatic carbocycles. The molecule has 1 aliphatic heterocycles. The lowest BCUT2D eigenvalue weighted by atomic mass is 10.0. The second-order valence-electron chi connectivity index (χ2n) is 8.45. The highest BCUT2D eigenvalue weighted by molar-refractivity contribution is 6.36. The van der Waals surface area contributed by atoms with Gasteiger partial charge in [-0.1, -0.05) is 29.3 Å². The first-order chi connectivity index (χ1) is 15.3. The summed E-state index contributed by atoms with van der Waals surface area (Å²) in [5.41, 5.74) is 5.67. The van der Waals surface area contributed by atoms with E-state index in [4.69, 9.17) is 23.2 Å². The first-order valence-electron chi connectivity index (χ1n) is 10.7. The maximum Gasteiger partial charge on any atom is 0.237 e. The molecule has 2 heterocycles. The van der Waals surface area contributed by atoms with Gasteiger partial charge in [0.1, 0.15) is 0 Å². The summed E-state index contributed by atoms with van der Waals surface area (Å²) in [6.45, 7) is 3.50. The summed E-state index contributed by atoms with van der Waals surface area (Å²) in [6.07, 6.45) is 2.44. The smallest absolute Gasteiger partial charge is 0.237 e. The van der Waals surface area contributed by atoms with Crippen LogP contribution in [0.4, 0.5) is 0 Å². The maximum absolute atomic E-state index is 12.2. The highest BCUT2D eigenvalue weighted by Gasteiger charge is 2.30. The normalized spacial score (nSPS) is 16.4. The molecule has 32 heavy (non-hydrogen) atoms. The molecule has 7 heteroatoms. The summed E-state index contributed by atoms with van der Waals surface area (Å²) >= 11 is 13.5. The standard InChI is InChI=1S/C25H26Cl2N4O/c1-15-9-16(13-28)10-23-19(15)11-18(30(23)3)12-20-21(26)7-6-17(24(20)27)14-31-8-4-5-22(31)25(32)29-2/h6-7,9-11,22H,4-5,8,12,14H2,1-3H3,(H,29,32)/t22-/m0/s1. The van der Waals surface area contributed by atoms with Crippen LogP contribution in [0.1, 0.15) is 40.8 Å². The number of nitriles is 1. The number of aromatic nitrogens is 1. The molecule has 1 amide bonds. The van der Waals surface area contributed by atoms with E-state index >= 15 is 0 Å². The van der Waals surface area contributed by atoms with Crippen molar-refractivity contribution < 1.29 is 4.79 Å². The Hall–Kier alpha value is -2.52. The Balaban J connectivity index is 1.67. The minimum Gasteiger partial charge on any atom is -0.358 e. The second-order valence-corrected chi connectivity index (χ2v) is 9.24. The summed E-state index contributed by atoms with van der Waals surface area (Å²) < 4.78 is 2.10. The predicted molar refractivity (Wildman–Crippen MR) is 129 cm³/mol. The number of likely N-dealkylation sites (tertiary alicyclic amines) is 1. The number of halogens is 2. The molecule has 4 rings (SSSR count). The molecule has 1 atom stereocenters. The monoisotopic (exact) mass is 468 g/mol. The van der Waals surface area contributed by atoms with Crippen molar-refractivity contribution in [3.8, 4) is 6.07 Å². The summed E-state index contributed by atoms with van der Waals surface area (Å²) in [5, 5.41) is 14.5. The van der Waals surface area contributed by atoms with Crippen LogP contribution in [-0.2, 0) is 24.8 Å². The lowest BCUT2D eigenvalue weighted by molar-refractivity contribution is -0.125. The van der Waals surface area contributed by atoms with Gasteiger partial charge in [-0.2, -0.15) is 5.26 Å². The zero-order valence-electron chi connectivity index (χ0n) is 18.5. The number of benzene rings is 2. The summed E-state index contributed by atoms with van der Waals surface area (Å²) in [4.78, 5) is 14.4. The molecular formula is C25H26Cl2N4O. The molecule has 3 aromatic rings. The van der Waals surface area contributed by atoms with E-state index < -0.39 is 0 Å². The van der Waals surface area contributed by atoms with Gasteiger partial charge in [0.05, 0.1) is 22.7 Å². The zero-order chi connectivity index (χ0) is 23.0. The van der Waals surface area contributed by atoms with Crippen molar-refractivity contribution in [2.75, 3.05) is 13.6 Å². The molecule has 0 spiro atoms. The van der Waals surface area contributed by atoms with Crippen LogP contribution in [0.15, 0.2) is 30.3 Å². The van der Waals surface area contributed by atoms with E-state index in [0.29, 0.717) is 28.6 Å². The highest BCUT2D eigenvalue weighted by Crippen LogP contribution is 2.34. The van der Waals surface area contributed by atoms with Crippen LogP contribution in [0, 0.1) is 18.3 Å². The summed E-state index contributed by atoms with van der Waals surface area (Å²) in [5.74, 6) is 0.0513. The van der Waals surface area contributed by atoms with Crippen molar-refractivity contribution in [2.24, 2.45) is 7.05 Å². The third-order valence-electron chi connectivity index (χ3n) is 6.51.